The van der Waals surface area contributed by atoms with Gasteiger partial charge in [0.25, 0.3) is 0 Å². The van der Waals surface area contributed by atoms with E-state index in [2.05, 4.69) is 22.6 Å². The van der Waals surface area contributed by atoms with Crippen LogP contribution in [-0.4, -0.2) is 29.8 Å². The van der Waals surface area contributed by atoms with Crippen LogP contribution in [0.5, 0.6) is 11.5 Å². The summed E-state index contributed by atoms with van der Waals surface area (Å²) in [5, 5.41) is 8.75. The fraction of sp³-hybridized carbons (Fsp3) is 0.160. The Bertz CT molecular complexity index is 1160. The smallest absolute Gasteiger partial charge is 0.446 e. The maximum Gasteiger partial charge on any atom is 0.446 e. The van der Waals surface area contributed by atoms with Gasteiger partial charge in [0.15, 0.2) is 6.61 Å². The number of thioether (sulfide) groups is 1. The molecule has 0 saturated heterocycles. The standard InChI is InChI=1S/C25H20F3IO4S/c1-16-14-20(8-11-23(16)33-15-24(30)31)32-13-12-22(17-2-6-19(29)7-3-17)18-4-9-21(10-5-18)34-25(26,27)28/h2-12,14H,13,15H2,1H3,(H,30,31)/b22-12+. The summed E-state index contributed by atoms with van der Waals surface area (Å²) < 4.78 is 50.1. The third-order valence-electron chi connectivity index (χ3n) is 4.59. The number of halogens is 4. The van der Waals surface area contributed by atoms with Gasteiger partial charge in [-0.25, -0.2) is 4.79 Å². The van der Waals surface area contributed by atoms with Crippen molar-refractivity contribution < 1.29 is 32.5 Å². The maximum absolute atomic E-state index is 12.7. The molecule has 0 saturated carbocycles. The monoisotopic (exact) mass is 600 g/mol. The SMILES string of the molecule is Cc1cc(OC/C=C(\c2ccc(I)cc2)c2ccc(SC(F)(F)F)cc2)ccc1OCC(=O)O. The second kappa shape index (κ2) is 11.7. The predicted octanol–water partition coefficient (Wildman–Crippen LogP) is 7.19. The lowest BCUT2D eigenvalue weighted by atomic mass is 9.98. The zero-order valence-corrected chi connectivity index (χ0v) is 20.9. The van der Waals surface area contributed by atoms with Crippen LogP contribution in [0.25, 0.3) is 5.57 Å². The van der Waals surface area contributed by atoms with Gasteiger partial charge in [-0.3, -0.25) is 0 Å². The van der Waals surface area contributed by atoms with E-state index in [4.69, 9.17) is 14.6 Å². The molecule has 34 heavy (non-hydrogen) atoms. The van der Waals surface area contributed by atoms with Crippen LogP contribution in [-0.2, 0) is 4.79 Å². The van der Waals surface area contributed by atoms with E-state index in [0.717, 1.165) is 25.8 Å². The fourth-order valence-electron chi connectivity index (χ4n) is 3.10. The highest BCUT2D eigenvalue weighted by Gasteiger charge is 2.29. The van der Waals surface area contributed by atoms with Crippen LogP contribution in [0, 0.1) is 10.5 Å². The molecule has 0 aliphatic rings. The number of ether oxygens (including phenoxy) is 2. The van der Waals surface area contributed by atoms with Crippen molar-refractivity contribution >= 4 is 45.9 Å². The van der Waals surface area contributed by atoms with E-state index in [-0.39, 0.29) is 23.3 Å². The number of aryl methyl sites for hydroxylation is 1. The molecule has 0 aliphatic heterocycles. The molecule has 0 unspecified atom stereocenters. The highest BCUT2D eigenvalue weighted by Crippen LogP contribution is 2.37. The van der Waals surface area contributed by atoms with Crippen LogP contribution in [0.1, 0.15) is 16.7 Å². The number of benzene rings is 3. The Balaban J connectivity index is 1.79. The maximum atomic E-state index is 12.7. The minimum Gasteiger partial charge on any atom is -0.489 e. The molecule has 0 fully saturated rings. The number of carboxylic acids is 1. The molecule has 1 N–H and O–H groups in total. The summed E-state index contributed by atoms with van der Waals surface area (Å²) in [5.41, 5.74) is -1.09. The highest BCUT2D eigenvalue weighted by atomic mass is 127. The van der Waals surface area contributed by atoms with Crippen LogP contribution >= 0.6 is 34.4 Å². The molecule has 0 heterocycles. The number of aliphatic carboxylic acids is 1. The number of rotatable bonds is 9. The van der Waals surface area contributed by atoms with Gasteiger partial charge in [-0.05, 0) is 112 Å². The van der Waals surface area contributed by atoms with E-state index in [1.807, 2.05) is 30.3 Å². The molecule has 3 rings (SSSR count). The van der Waals surface area contributed by atoms with Gasteiger partial charge in [0.05, 0.1) is 0 Å². The Hall–Kier alpha value is -2.66. The van der Waals surface area contributed by atoms with Gasteiger partial charge >= 0.3 is 11.5 Å². The second-order valence-electron chi connectivity index (χ2n) is 7.12. The molecule has 0 atom stereocenters. The molecule has 0 aromatic heterocycles. The molecule has 0 aliphatic carbocycles. The van der Waals surface area contributed by atoms with Crippen LogP contribution in [0.2, 0.25) is 0 Å². The van der Waals surface area contributed by atoms with Gasteiger partial charge in [0, 0.05) is 8.47 Å². The third kappa shape index (κ3) is 7.98. The van der Waals surface area contributed by atoms with Crippen molar-refractivity contribution in [1.82, 2.24) is 0 Å². The normalized spacial score (nSPS) is 11.9. The summed E-state index contributed by atoms with van der Waals surface area (Å²) in [6.07, 6.45) is 1.87. The first kappa shape index (κ1) is 26.0. The lowest BCUT2D eigenvalue weighted by Gasteiger charge is -2.12. The van der Waals surface area contributed by atoms with Gasteiger partial charge in [-0.15, -0.1) is 0 Å². The predicted molar refractivity (Wildman–Crippen MR) is 134 cm³/mol. The lowest BCUT2D eigenvalue weighted by molar-refractivity contribution is -0.139. The molecule has 4 nitrogen and oxygen atoms in total. The molecule has 0 bridgehead atoms. The van der Waals surface area contributed by atoms with Crippen molar-refractivity contribution in [1.29, 1.82) is 0 Å². The van der Waals surface area contributed by atoms with E-state index in [0.29, 0.717) is 11.5 Å². The summed E-state index contributed by atoms with van der Waals surface area (Å²) in [4.78, 5) is 10.8. The molecule has 3 aromatic carbocycles. The summed E-state index contributed by atoms with van der Waals surface area (Å²) in [7, 11) is 0. The largest absolute Gasteiger partial charge is 0.489 e. The lowest BCUT2D eigenvalue weighted by Crippen LogP contribution is -2.10. The van der Waals surface area contributed by atoms with Crippen LogP contribution in [0.4, 0.5) is 13.2 Å². The fourth-order valence-corrected chi connectivity index (χ4v) is 4.00. The van der Waals surface area contributed by atoms with E-state index < -0.39 is 18.1 Å². The summed E-state index contributed by atoms with van der Waals surface area (Å²) >= 11 is 2.06. The van der Waals surface area contributed by atoms with Gasteiger partial charge < -0.3 is 14.6 Å². The highest BCUT2D eigenvalue weighted by molar-refractivity contribution is 14.1. The van der Waals surface area contributed by atoms with Crippen molar-refractivity contribution in [3.63, 3.8) is 0 Å². The van der Waals surface area contributed by atoms with E-state index >= 15 is 0 Å². The molecule has 3 aromatic rings. The van der Waals surface area contributed by atoms with Crippen LogP contribution in [0.3, 0.4) is 0 Å². The number of carboxylic acid groups (broad SMARTS) is 1. The number of carbonyl (C=O) groups is 1. The Morgan fingerprint density at radius 3 is 2.18 bits per heavy atom. The average Bonchev–Trinajstić information content (AvgIpc) is 2.76. The van der Waals surface area contributed by atoms with Crippen molar-refractivity contribution in [3.8, 4) is 11.5 Å². The molecular formula is C25H20F3IO4S. The van der Waals surface area contributed by atoms with Gasteiger partial charge in [-0.1, -0.05) is 24.3 Å². The Morgan fingerprint density at radius 2 is 1.62 bits per heavy atom. The first-order chi connectivity index (χ1) is 16.1. The van der Waals surface area contributed by atoms with Gasteiger partial charge in [0.1, 0.15) is 18.1 Å². The zero-order chi connectivity index (χ0) is 24.7. The van der Waals surface area contributed by atoms with Crippen molar-refractivity contribution in [2.24, 2.45) is 0 Å². The van der Waals surface area contributed by atoms with Gasteiger partial charge in [-0.2, -0.15) is 13.2 Å². The van der Waals surface area contributed by atoms with E-state index in [9.17, 15) is 18.0 Å². The molecule has 178 valence electrons. The third-order valence-corrected chi connectivity index (χ3v) is 6.05. The van der Waals surface area contributed by atoms with Crippen molar-refractivity contribution in [2.75, 3.05) is 13.2 Å². The average molecular weight is 600 g/mol. The molecular weight excluding hydrogens is 580 g/mol. The summed E-state index contributed by atoms with van der Waals surface area (Å²) in [6.45, 7) is 1.58. The van der Waals surface area contributed by atoms with E-state index in [1.54, 1.807) is 37.3 Å². The van der Waals surface area contributed by atoms with Gasteiger partial charge in [0.2, 0.25) is 0 Å². The van der Waals surface area contributed by atoms with Crippen molar-refractivity contribution in [2.45, 2.75) is 17.3 Å². The number of hydrogen-bond donors (Lipinski definition) is 1. The Kier molecular flexibility index (Phi) is 8.90. The minimum atomic E-state index is -4.34. The minimum absolute atomic E-state index is 0.121. The number of hydrogen-bond acceptors (Lipinski definition) is 4. The topological polar surface area (TPSA) is 55.8 Å². The molecule has 0 spiro atoms. The molecule has 9 heteroatoms. The first-order valence-corrected chi connectivity index (χ1v) is 11.9. The second-order valence-corrected chi connectivity index (χ2v) is 9.50. The Labute approximate surface area is 212 Å². The van der Waals surface area contributed by atoms with Crippen molar-refractivity contribution in [3.05, 3.63) is 93.1 Å². The summed E-state index contributed by atoms with van der Waals surface area (Å²) in [5.74, 6) is -0.0185. The molecule has 0 amide bonds. The van der Waals surface area contributed by atoms with E-state index in [1.165, 1.54) is 12.1 Å². The Morgan fingerprint density at radius 1 is 1.00 bits per heavy atom. The zero-order valence-electron chi connectivity index (χ0n) is 17.9. The number of alkyl halides is 3. The summed E-state index contributed by atoms with van der Waals surface area (Å²) in [6, 6.07) is 19.1. The quantitative estimate of drug-likeness (QED) is 0.208. The van der Waals surface area contributed by atoms with Crippen LogP contribution < -0.4 is 9.47 Å². The first-order valence-electron chi connectivity index (χ1n) is 10.0. The molecule has 0 radical (unpaired) electrons. The van der Waals surface area contributed by atoms with Crippen LogP contribution in [0.15, 0.2) is 77.7 Å².